The molecular weight excluding hydrogens is 330 g/mol. The lowest BCUT2D eigenvalue weighted by Crippen LogP contribution is -2.30. The fraction of sp³-hybridized carbons (Fsp3) is 0.375. The van der Waals surface area contributed by atoms with Crippen molar-refractivity contribution >= 4 is 19.9 Å². The summed E-state index contributed by atoms with van der Waals surface area (Å²) in [6.07, 6.45) is 7.20. The lowest BCUT2D eigenvalue weighted by atomic mass is 9.84. The Labute approximate surface area is 158 Å². The topological polar surface area (TPSA) is 12.4 Å². The molecule has 1 aliphatic heterocycles. The summed E-state index contributed by atoms with van der Waals surface area (Å²) in [4.78, 5) is 4.93. The molecule has 1 nitrogen and oxygen atoms in total. The molecule has 4 rings (SSSR count). The van der Waals surface area contributed by atoms with Crippen LogP contribution in [0.5, 0.6) is 0 Å². The highest BCUT2D eigenvalue weighted by Gasteiger charge is 2.29. The molecule has 0 radical (unpaired) electrons. The van der Waals surface area contributed by atoms with Crippen molar-refractivity contribution in [2.45, 2.75) is 51.9 Å². The summed E-state index contributed by atoms with van der Waals surface area (Å²) in [6.45, 7) is 12.7. The first kappa shape index (κ1) is 17.5. The molecule has 0 saturated carbocycles. The van der Waals surface area contributed by atoms with Gasteiger partial charge in [-0.05, 0) is 61.1 Å². The largest absolute Gasteiger partial charge is 0.284 e. The molecule has 2 aromatic carbocycles. The Bertz CT molecular complexity index is 908. The molecule has 1 atom stereocenters. The van der Waals surface area contributed by atoms with Crippen LogP contribution in [-0.2, 0) is 12.8 Å². The average molecular weight is 360 g/mol. The Kier molecular flexibility index (Phi) is 4.27. The van der Waals surface area contributed by atoms with Crippen LogP contribution < -0.4 is 0 Å². The second-order valence-electron chi connectivity index (χ2n) is 9.06. The number of aliphatic imine (C=N–C) groups is 1. The maximum absolute atomic E-state index is 4.93. The van der Waals surface area contributed by atoms with Gasteiger partial charge in [0.2, 0.25) is 0 Å². The van der Waals surface area contributed by atoms with Crippen LogP contribution in [0.2, 0.25) is 25.2 Å². The molecule has 1 aliphatic carbocycles. The van der Waals surface area contributed by atoms with Crippen molar-refractivity contribution in [2.75, 3.05) is 6.54 Å². The molecule has 2 aromatic rings. The zero-order valence-electron chi connectivity index (χ0n) is 16.7. The molecule has 0 bridgehead atoms. The van der Waals surface area contributed by atoms with Crippen LogP contribution in [0.15, 0.2) is 41.4 Å². The summed E-state index contributed by atoms with van der Waals surface area (Å²) >= 11 is 0. The molecule has 0 saturated heterocycles. The number of benzene rings is 2. The van der Waals surface area contributed by atoms with Crippen LogP contribution in [0.1, 0.15) is 38.9 Å². The van der Waals surface area contributed by atoms with Crippen molar-refractivity contribution < 1.29 is 0 Å². The Morgan fingerprint density at radius 3 is 2.42 bits per heavy atom. The van der Waals surface area contributed by atoms with Crippen LogP contribution in [0.3, 0.4) is 0 Å². The van der Waals surface area contributed by atoms with E-state index in [1.54, 1.807) is 5.56 Å². The lowest BCUT2D eigenvalue weighted by molar-refractivity contribution is 0.902. The summed E-state index contributed by atoms with van der Waals surface area (Å²) < 4.78 is 0. The summed E-state index contributed by atoms with van der Waals surface area (Å²) in [5, 5.41) is 0. The summed E-state index contributed by atoms with van der Waals surface area (Å²) in [7, 11) is -1.15. The number of hydrogen-bond acceptors (Lipinski definition) is 1. The number of allylic oxidation sites excluding steroid dienone is 1. The molecule has 0 N–H and O–H groups in total. The third-order valence-corrected chi connectivity index (χ3v) is 8.50. The van der Waals surface area contributed by atoms with Crippen LogP contribution in [0.25, 0.3) is 6.08 Å². The van der Waals surface area contributed by atoms with Gasteiger partial charge in [0.25, 0.3) is 0 Å². The van der Waals surface area contributed by atoms with E-state index in [9.17, 15) is 0 Å². The molecule has 26 heavy (non-hydrogen) atoms. The highest BCUT2D eigenvalue weighted by atomic mass is 28.3. The molecule has 134 valence electrons. The van der Waals surface area contributed by atoms with E-state index in [1.807, 2.05) is 0 Å². The third-order valence-electron chi connectivity index (χ3n) is 5.88. The normalized spacial score (nSPS) is 19.0. The van der Waals surface area contributed by atoms with Crippen molar-refractivity contribution in [3.63, 3.8) is 0 Å². The van der Waals surface area contributed by atoms with Gasteiger partial charge in [0, 0.05) is 17.7 Å². The summed E-state index contributed by atoms with van der Waals surface area (Å²) in [5.41, 5.74) is 11.7. The van der Waals surface area contributed by atoms with Gasteiger partial charge in [-0.3, -0.25) is 4.99 Å². The quantitative estimate of drug-likeness (QED) is 0.585. The molecule has 2 heteroatoms. The minimum atomic E-state index is -1.15. The average Bonchev–Trinajstić information content (AvgIpc) is 2.59. The van der Waals surface area contributed by atoms with E-state index >= 15 is 0 Å². The standard InChI is InChI=1S/C24H29NSi/c1-16-12-17(2)14-19(13-16)24-23-8-6-18-15-20(26(3,4)5)7-9-21(18)22(23)10-11-25-24/h6-9,12-14,20H,10-11,15H2,1-5H3. The molecule has 2 aliphatic rings. The molecular formula is C24H29NSi. The number of aryl methyl sites for hydroxylation is 2. The van der Waals surface area contributed by atoms with E-state index in [-0.39, 0.29) is 0 Å². The van der Waals surface area contributed by atoms with Gasteiger partial charge < -0.3 is 0 Å². The molecule has 1 unspecified atom stereocenters. The summed E-state index contributed by atoms with van der Waals surface area (Å²) in [5.74, 6) is 0. The molecule has 0 spiro atoms. The van der Waals surface area contributed by atoms with Crippen LogP contribution in [0, 0.1) is 13.8 Å². The summed E-state index contributed by atoms with van der Waals surface area (Å²) in [6, 6.07) is 11.5. The zero-order valence-corrected chi connectivity index (χ0v) is 17.7. The molecule has 1 heterocycles. The van der Waals surface area contributed by atoms with Gasteiger partial charge in [0.05, 0.1) is 13.8 Å². The smallest absolute Gasteiger partial charge is 0.0722 e. The van der Waals surface area contributed by atoms with E-state index in [0.29, 0.717) is 0 Å². The number of nitrogens with zero attached hydrogens (tertiary/aromatic N) is 1. The van der Waals surface area contributed by atoms with Crippen LogP contribution in [0.4, 0.5) is 0 Å². The van der Waals surface area contributed by atoms with Gasteiger partial charge in [-0.2, -0.15) is 0 Å². The van der Waals surface area contributed by atoms with E-state index in [4.69, 9.17) is 4.99 Å². The predicted octanol–water partition coefficient (Wildman–Crippen LogP) is 5.97. The van der Waals surface area contributed by atoms with Crippen molar-refractivity contribution in [1.29, 1.82) is 0 Å². The zero-order chi connectivity index (χ0) is 18.5. The fourth-order valence-corrected chi connectivity index (χ4v) is 5.93. The SMILES string of the molecule is Cc1cc(C)cc(C2=NCCc3c2ccc2c3C=CC([Si](C)(C)C)C2)c1. The van der Waals surface area contributed by atoms with Crippen LogP contribution in [-0.4, -0.2) is 20.3 Å². The molecule has 0 fully saturated rings. The van der Waals surface area contributed by atoms with E-state index in [2.05, 4.69) is 76.0 Å². The van der Waals surface area contributed by atoms with Crippen molar-refractivity contribution in [1.82, 2.24) is 0 Å². The highest BCUT2D eigenvalue weighted by molar-refractivity contribution is 6.78. The predicted molar refractivity (Wildman–Crippen MR) is 116 cm³/mol. The molecule has 0 aromatic heterocycles. The minimum absolute atomic E-state index is 0.754. The second-order valence-corrected chi connectivity index (χ2v) is 14.5. The third kappa shape index (κ3) is 3.12. The Hall–Kier alpha value is -1.93. The Morgan fingerprint density at radius 2 is 1.73 bits per heavy atom. The van der Waals surface area contributed by atoms with Gasteiger partial charge in [0.15, 0.2) is 0 Å². The van der Waals surface area contributed by atoms with Gasteiger partial charge in [-0.1, -0.05) is 61.1 Å². The number of rotatable bonds is 2. The van der Waals surface area contributed by atoms with Crippen LogP contribution >= 0.6 is 0 Å². The first-order valence-electron chi connectivity index (χ1n) is 9.79. The van der Waals surface area contributed by atoms with E-state index < -0.39 is 8.07 Å². The van der Waals surface area contributed by atoms with E-state index in [0.717, 1.165) is 18.5 Å². The van der Waals surface area contributed by atoms with Crippen molar-refractivity contribution in [2.24, 2.45) is 4.99 Å². The minimum Gasteiger partial charge on any atom is -0.284 e. The highest BCUT2D eigenvalue weighted by Crippen LogP contribution is 2.37. The Morgan fingerprint density at radius 1 is 1.00 bits per heavy atom. The molecule has 0 amide bonds. The number of hydrogen-bond donors (Lipinski definition) is 0. The number of fused-ring (bicyclic) bond motifs is 3. The Balaban J connectivity index is 1.78. The van der Waals surface area contributed by atoms with Gasteiger partial charge in [0.1, 0.15) is 0 Å². The van der Waals surface area contributed by atoms with Gasteiger partial charge >= 0.3 is 0 Å². The van der Waals surface area contributed by atoms with Crippen molar-refractivity contribution in [3.05, 3.63) is 75.4 Å². The van der Waals surface area contributed by atoms with Crippen molar-refractivity contribution in [3.8, 4) is 0 Å². The second kappa shape index (κ2) is 6.35. The first-order chi connectivity index (χ1) is 12.3. The maximum Gasteiger partial charge on any atom is 0.0722 e. The van der Waals surface area contributed by atoms with Gasteiger partial charge in [-0.25, -0.2) is 0 Å². The van der Waals surface area contributed by atoms with Gasteiger partial charge in [-0.15, -0.1) is 0 Å². The maximum atomic E-state index is 4.93. The lowest BCUT2D eigenvalue weighted by Gasteiger charge is -2.31. The monoisotopic (exact) mass is 359 g/mol. The first-order valence-corrected chi connectivity index (χ1v) is 13.4. The fourth-order valence-electron chi connectivity index (χ4n) is 4.43. The van der Waals surface area contributed by atoms with E-state index in [1.165, 1.54) is 45.5 Å².